The second-order valence-corrected chi connectivity index (χ2v) is 5.54. The van der Waals surface area contributed by atoms with Gasteiger partial charge in [-0.1, -0.05) is 15.9 Å². The van der Waals surface area contributed by atoms with Crippen molar-refractivity contribution in [3.05, 3.63) is 44.5 Å². The zero-order chi connectivity index (χ0) is 14.7. The monoisotopic (exact) mass is 341 g/mol. The Morgan fingerprint density at radius 2 is 2.30 bits per heavy atom. The lowest BCUT2D eigenvalue weighted by Gasteiger charge is -2.09. The van der Waals surface area contributed by atoms with E-state index >= 15 is 0 Å². The highest BCUT2D eigenvalue weighted by Crippen LogP contribution is 2.25. The fourth-order valence-corrected chi connectivity index (χ4v) is 2.57. The van der Waals surface area contributed by atoms with Gasteiger partial charge in [0.1, 0.15) is 0 Å². The molecule has 20 heavy (non-hydrogen) atoms. The number of hydrogen-bond donors (Lipinski definition) is 1. The molecule has 1 aromatic heterocycles. The molecule has 0 saturated heterocycles. The maximum Gasteiger partial charge on any atom is 0.273 e. The molecule has 0 spiro atoms. The summed E-state index contributed by atoms with van der Waals surface area (Å²) in [5.41, 5.74) is 0.472. The quantitative estimate of drug-likeness (QED) is 0.507. The average Bonchev–Trinajstić information content (AvgIpc) is 2.38. The van der Waals surface area contributed by atoms with E-state index in [-0.39, 0.29) is 15.9 Å². The smallest absolute Gasteiger partial charge is 0.273 e. The van der Waals surface area contributed by atoms with E-state index < -0.39 is 10.5 Å². The number of methoxy groups -OCH3 is 1. The van der Waals surface area contributed by atoms with Crippen molar-refractivity contribution >= 4 is 32.5 Å². The van der Waals surface area contributed by atoms with E-state index in [4.69, 9.17) is 4.74 Å². The van der Waals surface area contributed by atoms with Gasteiger partial charge in [-0.3, -0.25) is 14.9 Å². The Morgan fingerprint density at radius 1 is 1.55 bits per heavy atom. The summed E-state index contributed by atoms with van der Waals surface area (Å²) in [5, 5.41) is 11.4. The average molecular weight is 342 g/mol. The van der Waals surface area contributed by atoms with Crippen LogP contribution < -0.4 is 5.56 Å². The largest absolute Gasteiger partial charge is 0.384 e. The van der Waals surface area contributed by atoms with Crippen LogP contribution in [0.25, 0.3) is 10.9 Å². The highest BCUT2D eigenvalue weighted by molar-refractivity contribution is 9.09. The molecule has 106 valence electrons. The van der Waals surface area contributed by atoms with Gasteiger partial charge < -0.3 is 9.72 Å². The molecule has 1 atom stereocenters. The van der Waals surface area contributed by atoms with Crippen LogP contribution in [0.1, 0.15) is 5.56 Å². The molecule has 0 aliphatic heterocycles. The Bertz CT molecular complexity index is 701. The Hall–Kier alpha value is -1.80. The molecule has 0 fully saturated rings. The minimum atomic E-state index is -0.492. The van der Waals surface area contributed by atoms with E-state index in [0.29, 0.717) is 24.1 Å². The van der Waals surface area contributed by atoms with E-state index in [9.17, 15) is 14.9 Å². The van der Waals surface area contributed by atoms with Crippen LogP contribution >= 0.6 is 15.9 Å². The second-order valence-electron chi connectivity index (χ2n) is 4.24. The predicted octanol–water partition coefficient (Wildman–Crippen LogP) is 1.78. The number of ether oxygens (including phenoxy) is 1. The molecule has 1 aromatic carbocycles. The van der Waals surface area contributed by atoms with Gasteiger partial charge >= 0.3 is 0 Å². The number of nitro groups is 1. The summed E-state index contributed by atoms with van der Waals surface area (Å²) in [6.07, 6.45) is 1.69. The molecule has 2 rings (SSSR count). The van der Waals surface area contributed by atoms with E-state index in [1.807, 2.05) is 0 Å². The summed E-state index contributed by atoms with van der Waals surface area (Å²) in [6.45, 7) is 0.429. The van der Waals surface area contributed by atoms with Gasteiger partial charge in [0.2, 0.25) is 0 Å². The van der Waals surface area contributed by atoms with Gasteiger partial charge in [-0.15, -0.1) is 0 Å². The number of fused-ring (bicyclic) bond motifs is 1. The van der Waals surface area contributed by atoms with Gasteiger partial charge in [-0.05, 0) is 12.5 Å². The Morgan fingerprint density at radius 3 is 2.95 bits per heavy atom. The molecule has 0 aliphatic carbocycles. The summed E-state index contributed by atoms with van der Waals surface area (Å²) in [6, 6.07) is 2.84. The van der Waals surface area contributed by atoms with E-state index in [1.54, 1.807) is 13.2 Å². The second kappa shape index (κ2) is 6.10. The third-order valence-electron chi connectivity index (χ3n) is 2.83. The molecule has 1 heterocycles. The van der Waals surface area contributed by atoms with Crippen LogP contribution in [0.4, 0.5) is 5.69 Å². The standard InChI is InChI=1S/C12H12BrN3O4/c1-20-5-8(13)2-7-3-10-9(4-11(7)16(18)19)12(17)15-6-14-10/h3-4,6,8H,2,5H2,1H3,(H,14,15,17). The third kappa shape index (κ3) is 3.02. The van der Waals surface area contributed by atoms with Crippen molar-refractivity contribution in [3.63, 3.8) is 0 Å². The number of rotatable bonds is 5. The first-order valence-corrected chi connectivity index (χ1v) is 6.72. The van der Waals surface area contributed by atoms with Crippen molar-refractivity contribution in [3.8, 4) is 0 Å². The normalized spacial score (nSPS) is 12.5. The first kappa shape index (κ1) is 14.6. The van der Waals surface area contributed by atoms with E-state index in [1.165, 1.54) is 12.4 Å². The molecule has 0 aliphatic rings. The van der Waals surface area contributed by atoms with Crippen LogP contribution in [0, 0.1) is 10.1 Å². The van der Waals surface area contributed by atoms with Crippen molar-refractivity contribution in [2.75, 3.05) is 13.7 Å². The minimum Gasteiger partial charge on any atom is -0.384 e. The zero-order valence-electron chi connectivity index (χ0n) is 10.6. The van der Waals surface area contributed by atoms with Gasteiger partial charge in [-0.25, -0.2) is 4.98 Å². The van der Waals surface area contributed by atoms with Crippen LogP contribution in [0.2, 0.25) is 0 Å². The number of nitrogens with zero attached hydrogens (tertiary/aromatic N) is 2. The van der Waals surface area contributed by atoms with E-state index in [0.717, 1.165) is 0 Å². The number of H-pyrrole nitrogens is 1. The fourth-order valence-electron chi connectivity index (χ4n) is 1.96. The summed E-state index contributed by atoms with van der Waals surface area (Å²) in [5.74, 6) is 0. The molecule has 1 unspecified atom stereocenters. The number of hydrogen-bond acceptors (Lipinski definition) is 5. The Balaban J connectivity index is 2.54. The van der Waals surface area contributed by atoms with Gasteiger partial charge in [0.05, 0.1) is 28.8 Å². The summed E-state index contributed by atoms with van der Waals surface area (Å²) in [4.78, 5) is 28.7. The number of halogens is 1. The molecule has 0 amide bonds. The van der Waals surface area contributed by atoms with Gasteiger partial charge in [0, 0.05) is 23.6 Å². The summed E-state index contributed by atoms with van der Waals surface area (Å²) >= 11 is 3.40. The van der Waals surface area contributed by atoms with Crippen molar-refractivity contribution < 1.29 is 9.66 Å². The molecule has 0 bridgehead atoms. The summed E-state index contributed by atoms with van der Waals surface area (Å²) in [7, 11) is 1.56. The minimum absolute atomic E-state index is 0.0503. The number of nitro benzene ring substituents is 1. The zero-order valence-corrected chi connectivity index (χ0v) is 12.2. The molecule has 1 N–H and O–H groups in total. The molecular formula is C12H12BrN3O4. The van der Waals surface area contributed by atoms with E-state index in [2.05, 4.69) is 25.9 Å². The Kier molecular flexibility index (Phi) is 4.46. The lowest BCUT2D eigenvalue weighted by molar-refractivity contribution is -0.385. The maximum absolute atomic E-state index is 11.6. The van der Waals surface area contributed by atoms with Crippen LogP contribution in [0.3, 0.4) is 0 Å². The number of alkyl halides is 1. The SMILES string of the molecule is COCC(Br)Cc1cc2nc[nH]c(=O)c2cc1[N+](=O)[O-]. The van der Waals surface area contributed by atoms with Crippen LogP contribution in [-0.4, -0.2) is 33.4 Å². The van der Waals surface area contributed by atoms with Crippen molar-refractivity contribution in [1.82, 2.24) is 9.97 Å². The number of aromatic amines is 1. The number of benzene rings is 1. The number of nitrogens with one attached hydrogen (secondary N) is 1. The summed E-state index contributed by atoms with van der Waals surface area (Å²) < 4.78 is 5.00. The maximum atomic E-state index is 11.6. The molecular weight excluding hydrogens is 330 g/mol. The Labute approximate surface area is 122 Å². The lowest BCUT2D eigenvalue weighted by atomic mass is 10.1. The molecule has 7 nitrogen and oxygen atoms in total. The number of aromatic nitrogens is 2. The van der Waals surface area contributed by atoms with Crippen molar-refractivity contribution in [2.24, 2.45) is 0 Å². The van der Waals surface area contributed by atoms with Gasteiger partial charge in [-0.2, -0.15) is 0 Å². The molecule has 8 heteroatoms. The predicted molar refractivity (Wildman–Crippen MR) is 77.3 cm³/mol. The van der Waals surface area contributed by atoms with Crippen molar-refractivity contribution in [2.45, 2.75) is 11.2 Å². The van der Waals surface area contributed by atoms with Crippen molar-refractivity contribution in [1.29, 1.82) is 0 Å². The third-order valence-corrected chi connectivity index (χ3v) is 3.41. The highest BCUT2D eigenvalue weighted by atomic mass is 79.9. The topological polar surface area (TPSA) is 98.1 Å². The van der Waals surface area contributed by atoms with Crippen LogP contribution in [0.15, 0.2) is 23.3 Å². The van der Waals surface area contributed by atoms with Crippen LogP contribution in [0.5, 0.6) is 0 Å². The molecule has 2 aromatic rings. The fraction of sp³-hybridized carbons (Fsp3) is 0.333. The highest BCUT2D eigenvalue weighted by Gasteiger charge is 2.19. The first-order valence-electron chi connectivity index (χ1n) is 5.80. The molecule has 0 saturated carbocycles. The van der Waals surface area contributed by atoms with Crippen LogP contribution in [-0.2, 0) is 11.2 Å². The first-order chi connectivity index (χ1) is 9.52. The lowest BCUT2D eigenvalue weighted by Crippen LogP contribution is -2.13. The van der Waals surface area contributed by atoms with Gasteiger partial charge in [0.15, 0.2) is 0 Å². The van der Waals surface area contributed by atoms with Gasteiger partial charge in [0.25, 0.3) is 11.2 Å². The molecule has 0 radical (unpaired) electrons.